The fourth-order valence-corrected chi connectivity index (χ4v) is 3.42. The van der Waals surface area contributed by atoms with Gasteiger partial charge in [-0.1, -0.05) is 6.07 Å². The third kappa shape index (κ3) is 6.36. The molecule has 0 spiro atoms. The third-order valence-corrected chi connectivity index (χ3v) is 4.93. The maximum atomic E-state index is 12.1. The van der Waals surface area contributed by atoms with Gasteiger partial charge in [-0.25, -0.2) is 8.42 Å². The van der Waals surface area contributed by atoms with Crippen molar-refractivity contribution in [3.05, 3.63) is 24.3 Å². The van der Waals surface area contributed by atoms with Gasteiger partial charge in [0.25, 0.3) is 0 Å². The fourth-order valence-electron chi connectivity index (χ4n) is 2.14. The maximum Gasteiger partial charge on any atom is 0.422 e. The van der Waals surface area contributed by atoms with Crippen molar-refractivity contribution in [1.82, 2.24) is 4.90 Å². The van der Waals surface area contributed by atoms with Crippen molar-refractivity contribution in [3.63, 3.8) is 0 Å². The molecule has 1 amide bonds. The van der Waals surface area contributed by atoms with Gasteiger partial charge in [-0.2, -0.15) is 13.2 Å². The van der Waals surface area contributed by atoms with Crippen LogP contribution in [-0.2, 0) is 14.6 Å². The molecule has 0 aliphatic carbocycles. The Morgan fingerprint density at radius 2 is 1.92 bits per heavy atom. The molecule has 0 saturated carbocycles. The number of benzene rings is 1. The van der Waals surface area contributed by atoms with Crippen LogP contribution >= 0.6 is 0 Å². The first kappa shape index (κ1) is 18.5. The second-order valence-electron chi connectivity index (χ2n) is 5.41. The highest BCUT2D eigenvalue weighted by Gasteiger charge is 2.28. The average Bonchev–Trinajstić information content (AvgIpc) is 2.47. The Labute approximate surface area is 137 Å². The molecule has 24 heavy (non-hydrogen) atoms. The van der Waals surface area contributed by atoms with Crippen molar-refractivity contribution in [2.45, 2.75) is 6.18 Å². The first-order valence-corrected chi connectivity index (χ1v) is 8.97. The monoisotopic (exact) mass is 366 g/mol. The Hall–Kier alpha value is -1.81. The van der Waals surface area contributed by atoms with Gasteiger partial charge < -0.3 is 10.1 Å². The van der Waals surface area contributed by atoms with Gasteiger partial charge in [0, 0.05) is 24.8 Å². The summed E-state index contributed by atoms with van der Waals surface area (Å²) in [7, 11) is -3.02. The Kier molecular flexibility index (Phi) is 5.70. The lowest BCUT2D eigenvalue weighted by Crippen LogP contribution is -2.43. The van der Waals surface area contributed by atoms with E-state index in [1.807, 2.05) is 0 Å². The number of amides is 1. The van der Waals surface area contributed by atoms with Crippen molar-refractivity contribution in [2.24, 2.45) is 0 Å². The lowest BCUT2D eigenvalue weighted by molar-refractivity contribution is -0.153. The van der Waals surface area contributed by atoms with Gasteiger partial charge in [0.2, 0.25) is 5.91 Å². The van der Waals surface area contributed by atoms with E-state index in [1.54, 1.807) is 4.90 Å². The molecule has 1 aromatic rings. The second kappa shape index (κ2) is 7.39. The van der Waals surface area contributed by atoms with E-state index in [9.17, 15) is 26.4 Å². The van der Waals surface area contributed by atoms with Crippen LogP contribution in [0.3, 0.4) is 0 Å². The number of nitrogens with one attached hydrogen (secondary N) is 1. The van der Waals surface area contributed by atoms with E-state index < -0.39 is 22.6 Å². The molecular weight excluding hydrogens is 349 g/mol. The number of halogens is 3. The van der Waals surface area contributed by atoms with Crippen LogP contribution in [0, 0.1) is 0 Å². The molecule has 1 aromatic carbocycles. The van der Waals surface area contributed by atoms with Gasteiger partial charge in [-0.15, -0.1) is 0 Å². The van der Waals surface area contributed by atoms with Crippen molar-refractivity contribution in [3.8, 4) is 5.75 Å². The molecule has 10 heteroatoms. The largest absolute Gasteiger partial charge is 0.484 e. The molecule has 1 N–H and O–H groups in total. The fraction of sp³-hybridized carbons (Fsp3) is 0.500. The van der Waals surface area contributed by atoms with Crippen molar-refractivity contribution in [1.29, 1.82) is 0 Å². The number of hydrogen-bond donors (Lipinski definition) is 1. The minimum Gasteiger partial charge on any atom is -0.484 e. The Bertz CT molecular complexity index is 678. The van der Waals surface area contributed by atoms with Crippen LogP contribution in [0.1, 0.15) is 0 Å². The van der Waals surface area contributed by atoms with Crippen LogP contribution in [0.5, 0.6) is 5.75 Å². The molecule has 6 nitrogen and oxygen atoms in total. The minimum absolute atomic E-state index is 0.00538. The molecule has 1 aliphatic heterocycles. The maximum absolute atomic E-state index is 12.1. The minimum atomic E-state index is -4.44. The second-order valence-corrected chi connectivity index (χ2v) is 7.71. The predicted molar refractivity (Wildman–Crippen MR) is 81.7 cm³/mol. The molecule has 0 atom stereocenters. The van der Waals surface area contributed by atoms with E-state index in [4.69, 9.17) is 0 Å². The summed E-state index contributed by atoms with van der Waals surface area (Å²) in [5.74, 6) is -0.348. The van der Waals surface area contributed by atoms with Crippen LogP contribution in [0.25, 0.3) is 0 Å². The number of rotatable bonds is 5. The third-order valence-electron chi connectivity index (χ3n) is 3.32. The van der Waals surface area contributed by atoms with Gasteiger partial charge in [0.05, 0.1) is 18.1 Å². The summed E-state index contributed by atoms with van der Waals surface area (Å²) >= 11 is 0. The molecule has 0 radical (unpaired) electrons. The van der Waals surface area contributed by atoms with Gasteiger partial charge in [0.15, 0.2) is 16.4 Å². The van der Waals surface area contributed by atoms with Gasteiger partial charge >= 0.3 is 6.18 Å². The molecule has 0 bridgehead atoms. The number of alkyl halides is 3. The van der Waals surface area contributed by atoms with Gasteiger partial charge in [-0.05, 0) is 12.1 Å². The van der Waals surface area contributed by atoms with E-state index in [2.05, 4.69) is 10.1 Å². The highest BCUT2D eigenvalue weighted by molar-refractivity contribution is 7.91. The molecular formula is C14H17F3N2O4S. The number of ether oxygens (including phenoxy) is 1. The van der Waals surface area contributed by atoms with Crippen LogP contribution in [0.4, 0.5) is 18.9 Å². The van der Waals surface area contributed by atoms with E-state index in [0.29, 0.717) is 5.69 Å². The lowest BCUT2D eigenvalue weighted by atomic mass is 10.3. The topological polar surface area (TPSA) is 75.7 Å². The molecule has 1 heterocycles. The summed E-state index contributed by atoms with van der Waals surface area (Å²) in [6.45, 7) is -0.829. The zero-order valence-corrected chi connectivity index (χ0v) is 13.5. The summed E-state index contributed by atoms with van der Waals surface area (Å²) in [6, 6.07) is 5.65. The average molecular weight is 366 g/mol. The van der Waals surface area contributed by atoms with E-state index in [-0.39, 0.29) is 42.8 Å². The van der Waals surface area contributed by atoms with Crippen LogP contribution < -0.4 is 10.1 Å². The standard InChI is InChI=1S/C14H17F3N2O4S/c15-14(16,17)10-23-12-3-1-2-11(8-12)18-13(20)9-19-4-6-24(21,22)7-5-19/h1-3,8H,4-7,9-10H2,(H,18,20). The Balaban J connectivity index is 1.85. The molecule has 1 fully saturated rings. The number of hydrogen-bond acceptors (Lipinski definition) is 5. The summed E-state index contributed by atoms with van der Waals surface area (Å²) in [4.78, 5) is 13.7. The van der Waals surface area contributed by atoms with Crippen LogP contribution in [0.2, 0.25) is 0 Å². The number of nitrogens with zero attached hydrogens (tertiary/aromatic N) is 1. The van der Waals surface area contributed by atoms with E-state index in [1.165, 1.54) is 24.3 Å². The summed E-state index contributed by atoms with van der Waals surface area (Å²) in [5, 5.41) is 2.56. The lowest BCUT2D eigenvalue weighted by Gasteiger charge is -2.25. The van der Waals surface area contributed by atoms with Gasteiger partial charge in [0.1, 0.15) is 5.75 Å². The first-order chi connectivity index (χ1) is 11.1. The summed E-state index contributed by atoms with van der Waals surface area (Å²) in [5.41, 5.74) is 0.310. The van der Waals surface area contributed by atoms with Crippen molar-refractivity contribution >= 4 is 21.4 Å². The van der Waals surface area contributed by atoms with Crippen LogP contribution in [0.15, 0.2) is 24.3 Å². The first-order valence-electron chi connectivity index (χ1n) is 7.15. The quantitative estimate of drug-likeness (QED) is 0.850. The van der Waals surface area contributed by atoms with Crippen molar-refractivity contribution in [2.75, 3.05) is 43.1 Å². The van der Waals surface area contributed by atoms with Crippen LogP contribution in [-0.4, -0.2) is 63.1 Å². The van der Waals surface area contributed by atoms with E-state index in [0.717, 1.165) is 0 Å². The highest BCUT2D eigenvalue weighted by atomic mass is 32.2. The molecule has 1 aliphatic rings. The molecule has 134 valence electrons. The molecule has 1 saturated heterocycles. The molecule has 0 unspecified atom stereocenters. The SMILES string of the molecule is O=C(CN1CCS(=O)(=O)CC1)Nc1cccc(OCC(F)(F)F)c1. The zero-order valence-electron chi connectivity index (χ0n) is 12.7. The van der Waals surface area contributed by atoms with Crippen molar-refractivity contribution < 1.29 is 31.1 Å². The summed E-state index contributed by atoms with van der Waals surface area (Å²) in [6.07, 6.45) is -4.44. The smallest absolute Gasteiger partial charge is 0.422 e. The summed E-state index contributed by atoms with van der Waals surface area (Å²) < 4.78 is 63.6. The highest BCUT2D eigenvalue weighted by Crippen LogP contribution is 2.21. The zero-order chi connectivity index (χ0) is 17.8. The predicted octanol–water partition coefficient (Wildman–Crippen LogP) is 1.30. The number of anilines is 1. The number of sulfone groups is 1. The van der Waals surface area contributed by atoms with Gasteiger partial charge in [-0.3, -0.25) is 9.69 Å². The Morgan fingerprint density at radius 3 is 2.54 bits per heavy atom. The normalized spacial score (nSPS) is 18.1. The Morgan fingerprint density at radius 1 is 1.25 bits per heavy atom. The molecule has 2 rings (SSSR count). The van der Waals surface area contributed by atoms with E-state index >= 15 is 0 Å². The number of carbonyl (C=O) groups is 1. The molecule has 0 aromatic heterocycles. The number of carbonyl (C=O) groups excluding carboxylic acids is 1.